The molecular formula is C14H20N2O2. The molecule has 98 valence electrons. The largest absolute Gasteiger partial charge is 0.396 e. The van der Waals surface area contributed by atoms with Crippen molar-refractivity contribution in [1.29, 1.82) is 0 Å². The van der Waals surface area contributed by atoms with Crippen molar-refractivity contribution >= 4 is 11.6 Å². The number of unbranched alkanes of at least 4 members (excludes halogenated alkanes) is 1. The van der Waals surface area contributed by atoms with Gasteiger partial charge in [0, 0.05) is 25.4 Å². The van der Waals surface area contributed by atoms with Gasteiger partial charge in [0.2, 0.25) is 5.91 Å². The second-order valence-electron chi connectivity index (χ2n) is 4.65. The third kappa shape index (κ3) is 2.71. The van der Waals surface area contributed by atoms with E-state index in [1.54, 1.807) is 0 Å². The molecule has 0 unspecified atom stereocenters. The number of aliphatic hydroxyl groups is 1. The molecule has 0 radical (unpaired) electrons. The predicted molar refractivity (Wildman–Crippen MR) is 71.6 cm³/mol. The fourth-order valence-electron chi connectivity index (χ4n) is 2.38. The highest BCUT2D eigenvalue weighted by molar-refractivity contribution is 6.01. The van der Waals surface area contributed by atoms with E-state index in [4.69, 9.17) is 5.11 Å². The number of amides is 1. The number of carbonyl (C=O) groups excluding carboxylic acids is 1. The number of anilines is 1. The van der Waals surface area contributed by atoms with Gasteiger partial charge in [-0.1, -0.05) is 12.1 Å². The topological polar surface area (TPSA) is 52.6 Å². The molecule has 1 aromatic rings. The number of fused-ring (bicyclic) bond motifs is 1. The summed E-state index contributed by atoms with van der Waals surface area (Å²) in [7, 11) is 1.92. The van der Waals surface area contributed by atoms with Crippen LogP contribution >= 0.6 is 0 Å². The van der Waals surface area contributed by atoms with Crippen LogP contribution in [-0.4, -0.2) is 31.2 Å². The minimum atomic E-state index is 0.171. The summed E-state index contributed by atoms with van der Waals surface area (Å²) in [6.07, 6.45) is 2.10. The van der Waals surface area contributed by atoms with Gasteiger partial charge >= 0.3 is 0 Å². The average molecular weight is 248 g/mol. The Bertz CT molecular complexity index is 432. The summed E-state index contributed by atoms with van der Waals surface area (Å²) >= 11 is 0. The minimum absolute atomic E-state index is 0.171. The average Bonchev–Trinajstić information content (AvgIpc) is 2.66. The van der Waals surface area contributed by atoms with Crippen LogP contribution in [0, 0.1) is 0 Å². The molecule has 1 aromatic carbocycles. The van der Waals surface area contributed by atoms with Gasteiger partial charge in [-0.3, -0.25) is 4.79 Å². The summed E-state index contributed by atoms with van der Waals surface area (Å²) in [5.74, 6) is 0.171. The van der Waals surface area contributed by atoms with Gasteiger partial charge in [-0.15, -0.1) is 0 Å². The zero-order valence-electron chi connectivity index (χ0n) is 10.8. The fourth-order valence-corrected chi connectivity index (χ4v) is 2.38. The van der Waals surface area contributed by atoms with Crippen LogP contribution in [0.4, 0.5) is 5.69 Å². The van der Waals surface area contributed by atoms with E-state index in [0.29, 0.717) is 13.0 Å². The van der Waals surface area contributed by atoms with Crippen molar-refractivity contribution in [3.63, 3.8) is 0 Å². The number of benzene rings is 1. The number of carbonyl (C=O) groups is 1. The van der Waals surface area contributed by atoms with Crippen molar-refractivity contribution in [2.45, 2.75) is 25.8 Å². The molecule has 4 heteroatoms. The Morgan fingerprint density at radius 2 is 2.22 bits per heavy atom. The van der Waals surface area contributed by atoms with Crippen molar-refractivity contribution in [3.8, 4) is 0 Å². The monoisotopic (exact) mass is 248 g/mol. The molecule has 1 aliphatic heterocycles. The van der Waals surface area contributed by atoms with Crippen LogP contribution in [0.25, 0.3) is 0 Å². The molecule has 0 fully saturated rings. The SMILES string of the molecule is CNCc1ccc2c(c1)CC(=O)N2CCCCO. The molecule has 0 aromatic heterocycles. The standard InChI is InChI=1S/C14H20N2O2/c1-15-10-11-4-5-13-12(8-11)9-14(18)16(13)6-2-3-7-17/h4-5,8,15,17H,2-3,6-7,9-10H2,1H3. The lowest BCUT2D eigenvalue weighted by atomic mass is 10.1. The van der Waals surface area contributed by atoms with Crippen LogP contribution in [0.3, 0.4) is 0 Å². The molecule has 1 amide bonds. The van der Waals surface area contributed by atoms with E-state index in [1.807, 2.05) is 18.0 Å². The van der Waals surface area contributed by atoms with Crippen LogP contribution in [-0.2, 0) is 17.8 Å². The number of nitrogens with zero attached hydrogens (tertiary/aromatic N) is 1. The molecule has 2 N–H and O–H groups in total. The molecule has 1 aliphatic rings. The highest BCUT2D eigenvalue weighted by Gasteiger charge is 2.26. The molecule has 0 saturated heterocycles. The normalized spacial score (nSPS) is 14.1. The Morgan fingerprint density at radius 3 is 2.94 bits per heavy atom. The Hall–Kier alpha value is -1.39. The maximum absolute atomic E-state index is 11.9. The Kier molecular flexibility index (Phi) is 4.33. The lowest BCUT2D eigenvalue weighted by Crippen LogP contribution is -2.27. The van der Waals surface area contributed by atoms with E-state index < -0.39 is 0 Å². The molecule has 0 atom stereocenters. The second kappa shape index (κ2) is 5.98. The number of hydrogen-bond donors (Lipinski definition) is 2. The van der Waals surface area contributed by atoms with Gasteiger partial charge in [0.1, 0.15) is 0 Å². The van der Waals surface area contributed by atoms with E-state index in [-0.39, 0.29) is 12.5 Å². The van der Waals surface area contributed by atoms with Crippen LogP contribution < -0.4 is 10.2 Å². The third-order valence-electron chi connectivity index (χ3n) is 3.25. The Balaban J connectivity index is 2.11. The van der Waals surface area contributed by atoms with E-state index >= 15 is 0 Å². The first kappa shape index (κ1) is 13.1. The Labute approximate surface area is 108 Å². The number of aliphatic hydroxyl groups excluding tert-OH is 1. The van der Waals surface area contributed by atoms with Gasteiger partial charge in [-0.25, -0.2) is 0 Å². The number of rotatable bonds is 6. The van der Waals surface area contributed by atoms with Crippen molar-refractivity contribution in [3.05, 3.63) is 29.3 Å². The molecular weight excluding hydrogens is 228 g/mol. The maximum Gasteiger partial charge on any atom is 0.231 e. The third-order valence-corrected chi connectivity index (χ3v) is 3.25. The lowest BCUT2D eigenvalue weighted by molar-refractivity contribution is -0.117. The van der Waals surface area contributed by atoms with Crippen molar-refractivity contribution in [2.24, 2.45) is 0 Å². The van der Waals surface area contributed by atoms with Crippen molar-refractivity contribution in [2.75, 3.05) is 25.1 Å². The van der Waals surface area contributed by atoms with E-state index in [0.717, 1.165) is 30.6 Å². The van der Waals surface area contributed by atoms with E-state index in [1.165, 1.54) is 5.56 Å². The van der Waals surface area contributed by atoms with E-state index in [9.17, 15) is 4.79 Å². The van der Waals surface area contributed by atoms with Crippen LogP contribution in [0.2, 0.25) is 0 Å². The van der Waals surface area contributed by atoms with Crippen LogP contribution in [0.15, 0.2) is 18.2 Å². The maximum atomic E-state index is 11.9. The van der Waals surface area contributed by atoms with Crippen LogP contribution in [0.5, 0.6) is 0 Å². The van der Waals surface area contributed by atoms with Gasteiger partial charge in [-0.2, -0.15) is 0 Å². The molecule has 4 nitrogen and oxygen atoms in total. The molecule has 18 heavy (non-hydrogen) atoms. The first-order valence-electron chi connectivity index (χ1n) is 6.44. The van der Waals surface area contributed by atoms with Gasteiger partial charge in [0.05, 0.1) is 6.42 Å². The van der Waals surface area contributed by atoms with Gasteiger partial charge in [0.25, 0.3) is 0 Å². The zero-order chi connectivity index (χ0) is 13.0. The summed E-state index contributed by atoms with van der Waals surface area (Å²) in [6.45, 7) is 1.72. The molecule has 0 spiro atoms. The molecule has 1 heterocycles. The molecule has 0 bridgehead atoms. The summed E-state index contributed by atoms with van der Waals surface area (Å²) in [6, 6.07) is 6.20. The van der Waals surface area contributed by atoms with Gasteiger partial charge in [0.15, 0.2) is 0 Å². The van der Waals surface area contributed by atoms with Crippen molar-refractivity contribution < 1.29 is 9.90 Å². The lowest BCUT2D eigenvalue weighted by Gasteiger charge is -2.17. The number of hydrogen-bond acceptors (Lipinski definition) is 3. The van der Waals surface area contributed by atoms with Crippen LogP contribution in [0.1, 0.15) is 24.0 Å². The second-order valence-corrected chi connectivity index (χ2v) is 4.65. The molecule has 0 aliphatic carbocycles. The van der Waals surface area contributed by atoms with Gasteiger partial charge in [-0.05, 0) is 37.1 Å². The first-order valence-corrected chi connectivity index (χ1v) is 6.44. The number of nitrogens with one attached hydrogen (secondary N) is 1. The smallest absolute Gasteiger partial charge is 0.231 e. The molecule has 2 rings (SSSR count). The minimum Gasteiger partial charge on any atom is -0.396 e. The predicted octanol–water partition coefficient (Wildman–Crippen LogP) is 1.07. The summed E-state index contributed by atoms with van der Waals surface area (Å²) < 4.78 is 0. The summed E-state index contributed by atoms with van der Waals surface area (Å²) in [4.78, 5) is 13.8. The van der Waals surface area contributed by atoms with Gasteiger partial charge < -0.3 is 15.3 Å². The molecule has 0 saturated carbocycles. The zero-order valence-corrected chi connectivity index (χ0v) is 10.8. The Morgan fingerprint density at radius 1 is 1.39 bits per heavy atom. The first-order chi connectivity index (χ1) is 8.76. The quantitative estimate of drug-likeness (QED) is 0.740. The summed E-state index contributed by atoms with van der Waals surface area (Å²) in [5, 5.41) is 11.9. The highest BCUT2D eigenvalue weighted by atomic mass is 16.3. The van der Waals surface area contributed by atoms with Crippen molar-refractivity contribution in [1.82, 2.24) is 5.32 Å². The highest BCUT2D eigenvalue weighted by Crippen LogP contribution is 2.29. The fraction of sp³-hybridized carbons (Fsp3) is 0.500. The van der Waals surface area contributed by atoms with E-state index in [2.05, 4.69) is 17.4 Å². The summed E-state index contributed by atoms with van der Waals surface area (Å²) in [5.41, 5.74) is 3.37.